The van der Waals surface area contributed by atoms with Crippen LogP contribution in [0.4, 0.5) is 11.6 Å². The predicted octanol–water partition coefficient (Wildman–Crippen LogP) is 3.58. The number of piperazine rings is 1. The van der Waals surface area contributed by atoms with E-state index in [-0.39, 0.29) is 24.0 Å². The Bertz CT molecular complexity index is 1290. The van der Waals surface area contributed by atoms with Crippen LogP contribution in [-0.4, -0.2) is 71.7 Å². The van der Waals surface area contributed by atoms with Gasteiger partial charge in [0.15, 0.2) is 11.6 Å². The van der Waals surface area contributed by atoms with E-state index in [0.717, 1.165) is 16.9 Å². The molecule has 10 heteroatoms. The predicted molar refractivity (Wildman–Crippen MR) is 149 cm³/mol. The van der Waals surface area contributed by atoms with E-state index in [1.165, 1.54) is 6.92 Å². The van der Waals surface area contributed by atoms with Crippen molar-refractivity contribution >= 4 is 40.8 Å². The minimum atomic E-state index is -0.171. The second-order valence-corrected chi connectivity index (χ2v) is 9.62. The van der Waals surface area contributed by atoms with Gasteiger partial charge < -0.3 is 20.4 Å². The van der Waals surface area contributed by atoms with Crippen molar-refractivity contribution in [3.63, 3.8) is 0 Å². The van der Waals surface area contributed by atoms with E-state index in [9.17, 15) is 14.4 Å². The van der Waals surface area contributed by atoms with Crippen molar-refractivity contribution in [2.24, 2.45) is 0 Å². The molecule has 1 saturated heterocycles. The molecule has 2 N–H and O–H groups in total. The van der Waals surface area contributed by atoms with E-state index in [1.807, 2.05) is 37.3 Å². The summed E-state index contributed by atoms with van der Waals surface area (Å²) < 4.78 is 0. The van der Waals surface area contributed by atoms with Gasteiger partial charge in [0, 0.05) is 68.4 Å². The zero-order valence-corrected chi connectivity index (χ0v) is 22.3. The van der Waals surface area contributed by atoms with Crippen molar-refractivity contribution in [3.05, 3.63) is 70.7 Å². The molecule has 3 aromatic rings. The molecule has 9 nitrogen and oxygen atoms in total. The zero-order chi connectivity index (χ0) is 27.1. The van der Waals surface area contributed by atoms with Crippen molar-refractivity contribution in [1.29, 1.82) is 0 Å². The van der Waals surface area contributed by atoms with Crippen LogP contribution < -0.4 is 15.5 Å². The van der Waals surface area contributed by atoms with Crippen LogP contribution in [0.2, 0.25) is 5.02 Å². The molecule has 38 heavy (non-hydrogen) atoms. The first kappa shape index (κ1) is 27.1. The summed E-state index contributed by atoms with van der Waals surface area (Å²) in [5, 5.41) is 6.63. The monoisotopic (exact) mass is 534 g/mol. The second kappa shape index (κ2) is 12.5. The van der Waals surface area contributed by atoms with Gasteiger partial charge in [0.25, 0.3) is 0 Å². The Morgan fingerprint density at radius 1 is 0.921 bits per heavy atom. The number of carbonyl (C=O) groups is 3. The molecule has 0 aliphatic carbocycles. The van der Waals surface area contributed by atoms with Gasteiger partial charge >= 0.3 is 0 Å². The first-order chi connectivity index (χ1) is 18.3. The molecule has 4 rings (SSSR count). The Labute approximate surface area is 227 Å². The number of hydrogen-bond donors (Lipinski definition) is 2. The first-order valence-corrected chi connectivity index (χ1v) is 12.9. The average molecular weight is 535 g/mol. The van der Waals surface area contributed by atoms with E-state index < -0.39 is 0 Å². The van der Waals surface area contributed by atoms with Gasteiger partial charge in [0.05, 0.1) is 6.42 Å². The number of benzene rings is 2. The molecular formula is C28H31ClN6O3. The van der Waals surface area contributed by atoms with E-state index in [4.69, 9.17) is 16.6 Å². The molecule has 1 fully saturated rings. The van der Waals surface area contributed by atoms with Crippen molar-refractivity contribution in [3.8, 4) is 11.4 Å². The van der Waals surface area contributed by atoms with Gasteiger partial charge in [0.2, 0.25) is 11.8 Å². The lowest BCUT2D eigenvalue weighted by Gasteiger charge is -2.35. The summed E-state index contributed by atoms with van der Waals surface area (Å²) in [4.78, 5) is 49.8. The molecule has 0 saturated carbocycles. The number of ketones is 1. The first-order valence-electron chi connectivity index (χ1n) is 12.5. The van der Waals surface area contributed by atoms with E-state index in [0.29, 0.717) is 61.5 Å². The Morgan fingerprint density at radius 2 is 1.61 bits per heavy atom. The quantitative estimate of drug-likeness (QED) is 0.245. The van der Waals surface area contributed by atoms with Gasteiger partial charge in [-0.2, -0.15) is 0 Å². The fraction of sp³-hybridized carbons (Fsp3) is 0.321. The van der Waals surface area contributed by atoms with Crippen LogP contribution in [0.1, 0.15) is 29.3 Å². The summed E-state index contributed by atoms with van der Waals surface area (Å²) >= 11 is 6.06. The number of nitrogens with zero attached hydrogens (tertiary/aromatic N) is 4. The smallest absolute Gasteiger partial charge is 0.230 e. The molecule has 198 valence electrons. The SMILES string of the molecule is CC(=O)NCCNc1cc(N2CCN(C(=O)CC(=O)c3ccc(C)cc3)CC2)nc(-c2ccc(Cl)cc2)n1. The molecule has 2 amide bonds. The Kier molecular flexibility index (Phi) is 8.91. The molecule has 2 heterocycles. The highest BCUT2D eigenvalue weighted by Crippen LogP contribution is 2.25. The maximum absolute atomic E-state index is 12.8. The van der Waals surface area contributed by atoms with Gasteiger partial charge in [-0.25, -0.2) is 9.97 Å². The number of amides is 2. The van der Waals surface area contributed by atoms with E-state index >= 15 is 0 Å². The van der Waals surface area contributed by atoms with Crippen LogP contribution in [0.25, 0.3) is 11.4 Å². The summed E-state index contributed by atoms with van der Waals surface area (Å²) in [7, 11) is 0. The van der Waals surface area contributed by atoms with Gasteiger partial charge in [-0.3, -0.25) is 14.4 Å². The molecule has 0 unspecified atom stereocenters. The molecule has 0 radical (unpaired) electrons. The van der Waals surface area contributed by atoms with Gasteiger partial charge in [-0.1, -0.05) is 41.4 Å². The summed E-state index contributed by atoms with van der Waals surface area (Å²) in [5.41, 5.74) is 2.44. The van der Waals surface area contributed by atoms with Crippen LogP contribution in [-0.2, 0) is 9.59 Å². The van der Waals surface area contributed by atoms with Crippen molar-refractivity contribution in [2.45, 2.75) is 20.3 Å². The number of carbonyl (C=O) groups excluding carboxylic acids is 3. The summed E-state index contributed by atoms with van der Waals surface area (Å²) in [6.45, 7) is 6.54. The molecule has 0 spiro atoms. The summed E-state index contributed by atoms with van der Waals surface area (Å²) in [5.74, 6) is 1.48. The largest absolute Gasteiger partial charge is 0.368 e. The van der Waals surface area contributed by atoms with Crippen molar-refractivity contribution in [2.75, 3.05) is 49.5 Å². The van der Waals surface area contributed by atoms with Crippen LogP contribution in [0.3, 0.4) is 0 Å². The third kappa shape index (κ3) is 7.29. The number of anilines is 2. The van der Waals surface area contributed by atoms with E-state index in [1.54, 1.807) is 29.2 Å². The minimum absolute atomic E-state index is 0.0926. The van der Waals surface area contributed by atoms with Crippen LogP contribution in [0.15, 0.2) is 54.6 Å². The third-order valence-electron chi connectivity index (χ3n) is 6.26. The normalized spacial score (nSPS) is 13.2. The minimum Gasteiger partial charge on any atom is -0.368 e. The van der Waals surface area contributed by atoms with Gasteiger partial charge in [0.1, 0.15) is 11.6 Å². The number of halogens is 1. The lowest BCUT2D eigenvalue weighted by atomic mass is 10.1. The molecule has 1 aromatic heterocycles. The van der Waals surface area contributed by atoms with Crippen molar-refractivity contribution in [1.82, 2.24) is 20.2 Å². The number of aromatic nitrogens is 2. The average Bonchev–Trinajstić information content (AvgIpc) is 2.91. The maximum Gasteiger partial charge on any atom is 0.230 e. The lowest BCUT2D eigenvalue weighted by Crippen LogP contribution is -2.49. The number of aryl methyl sites for hydroxylation is 1. The maximum atomic E-state index is 12.8. The van der Waals surface area contributed by atoms with Crippen molar-refractivity contribution < 1.29 is 14.4 Å². The summed E-state index contributed by atoms with van der Waals surface area (Å²) in [6.07, 6.45) is -0.139. The highest BCUT2D eigenvalue weighted by atomic mass is 35.5. The molecule has 1 aliphatic rings. The molecule has 2 aromatic carbocycles. The van der Waals surface area contributed by atoms with Crippen LogP contribution in [0, 0.1) is 6.92 Å². The van der Waals surface area contributed by atoms with E-state index in [2.05, 4.69) is 20.5 Å². The molecule has 0 bridgehead atoms. The van der Waals surface area contributed by atoms with Gasteiger partial charge in [-0.15, -0.1) is 0 Å². The Hall–Kier alpha value is -3.98. The fourth-order valence-corrected chi connectivity index (χ4v) is 4.25. The molecule has 1 aliphatic heterocycles. The summed E-state index contributed by atoms with van der Waals surface area (Å²) in [6, 6.07) is 16.5. The highest BCUT2D eigenvalue weighted by molar-refractivity contribution is 6.30. The number of hydrogen-bond acceptors (Lipinski definition) is 7. The zero-order valence-electron chi connectivity index (χ0n) is 21.5. The topological polar surface area (TPSA) is 108 Å². The highest BCUT2D eigenvalue weighted by Gasteiger charge is 2.24. The lowest BCUT2D eigenvalue weighted by molar-refractivity contribution is -0.130. The number of Topliss-reactive ketones (excluding diaryl/α,β-unsaturated/α-hetero) is 1. The van der Waals surface area contributed by atoms with Crippen LogP contribution in [0.5, 0.6) is 0 Å². The third-order valence-corrected chi connectivity index (χ3v) is 6.51. The Morgan fingerprint density at radius 3 is 2.26 bits per heavy atom. The van der Waals surface area contributed by atoms with Crippen LogP contribution >= 0.6 is 11.6 Å². The molecule has 0 atom stereocenters. The standard InChI is InChI=1S/C28H31ClN6O3/c1-19-3-5-21(6-4-19)24(37)17-27(38)35-15-13-34(14-16-35)26-18-25(31-12-11-30-20(2)36)32-28(33-26)22-7-9-23(29)10-8-22/h3-10,18H,11-17H2,1-2H3,(H,30,36)(H,31,32,33). The number of nitrogens with one attached hydrogen (secondary N) is 2. The Balaban J connectivity index is 1.43. The number of rotatable bonds is 9. The van der Waals surface area contributed by atoms with Gasteiger partial charge in [-0.05, 0) is 31.2 Å². The fourth-order valence-electron chi connectivity index (χ4n) is 4.12. The molecular weight excluding hydrogens is 504 g/mol. The second-order valence-electron chi connectivity index (χ2n) is 9.19.